The summed E-state index contributed by atoms with van der Waals surface area (Å²) in [6.07, 6.45) is -0.281. The van der Waals surface area contributed by atoms with Crippen molar-refractivity contribution in [3.63, 3.8) is 0 Å². The number of nitrogens with zero attached hydrogens (tertiary/aromatic N) is 1. The van der Waals surface area contributed by atoms with Gasteiger partial charge in [0.05, 0.1) is 19.3 Å². The summed E-state index contributed by atoms with van der Waals surface area (Å²) in [7, 11) is 0. The van der Waals surface area contributed by atoms with Crippen LogP contribution in [0.25, 0.3) is 0 Å². The van der Waals surface area contributed by atoms with E-state index in [9.17, 15) is 5.11 Å². The van der Waals surface area contributed by atoms with Crippen LogP contribution in [-0.2, 0) is 4.74 Å². The summed E-state index contributed by atoms with van der Waals surface area (Å²) < 4.78 is 5.49. The van der Waals surface area contributed by atoms with Gasteiger partial charge in [-0.05, 0) is 20.8 Å². The van der Waals surface area contributed by atoms with Gasteiger partial charge in [0.2, 0.25) is 0 Å². The van der Waals surface area contributed by atoms with Gasteiger partial charge < -0.3 is 9.84 Å². The molecule has 3 nitrogen and oxygen atoms in total. The van der Waals surface area contributed by atoms with Crippen molar-refractivity contribution in [2.24, 2.45) is 5.41 Å². The summed E-state index contributed by atoms with van der Waals surface area (Å²) in [5, 5.41) is 9.72. The SMILES string of the molecule is CC(O)C(C)(C)CN1CCOCC1(C)C. The van der Waals surface area contributed by atoms with Crippen molar-refractivity contribution in [1.29, 1.82) is 0 Å². The van der Waals surface area contributed by atoms with Crippen LogP contribution in [0.5, 0.6) is 0 Å². The van der Waals surface area contributed by atoms with Gasteiger partial charge in [0.25, 0.3) is 0 Å². The first kappa shape index (κ1) is 12.9. The van der Waals surface area contributed by atoms with E-state index in [0.717, 1.165) is 26.3 Å². The number of aliphatic hydroxyl groups excluding tert-OH is 1. The zero-order valence-corrected chi connectivity index (χ0v) is 10.7. The highest BCUT2D eigenvalue weighted by Gasteiger charge is 2.36. The van der Waals surface area contributed by atoms with Crippen molar-refractivity contribution < 1.29 is 9.84 Å². The quantitative estimate of drug-likeness (QED) is 0.774. The molecule has 3 heteroatoms. The van der Waals surface area contributed by atoms with E-state index in [1.54, 1.807) is 0 Å². The summed E-state index contributed by atoms with van der Waals surface area (Å²) in [6.45, 7) is 14.0. The molecule has 1 saturated heterocycles. The zero-order valence-electron chi connectivity index (χ0n) is 10.7. The highest BCUT2D eigenvalue weighted by Crippen LogP contribution is 2.27. The molecule has 90 valence electrons. The Morgan fingerprint density at radius 1 is 1.47 bits per heavy atom. The molecule has 1 rings (SSSR count). The molecule has 0 radical (unpaired) electrons. The van der Waals surface area contributed by atoms with Crippen LogP contribution in [0.15, 0.2) is 0 Å². The summed E-state index contributed by atoms with van der Waals surface area (Å²) >= 11 is 0. The maximum absolute atomic E-state index is 9.72. The van der Waals surface area contributed by atoms with E-state index in [-0.39, 0.29) is 17.1 Å². The number of aliphatic hydroxyl groups is 1. The minimum absolute atomic E-state index is 0.0609. The Balaban J connectivity index is 2.63. The number of hydrogen-bond acceptors (Lipinski definition) is 3. The third-order valence-electron chi connectivity index (χ3n) is 3.55. The van der Waals surface area contributed by atoms with Gasteiger partial charge in [-0.25, -0.2) is 0 Å². The molecule has 15 heavy (non-hydrogen) atoms. The molecule has 1 aliphatic rings. The molecule has 1 fully saturated rings. The summed E-state index contributed by atoms with van der Waals surface area (Å²) in [5.41, 5.74) is 0.0268. The van der Waals surface area contributed by atoms with Crippen LogP contribution in [0.1, 0.15) is 34.6 Å². The largest absolute Gasteiger partial charge is 0.393 e. The number of rotatable bonds is 3. The van der Waals surface area contributed by atoms with Gasteiger partial charge in [-0.15, -0.1) is 0 Å². The maximum atomic E-state index is 9.72. The lowest BCUT2D eigenvalue weighted by molar-refractivity contribution is -0.0788. The van der Waals surface area contributed by atoms with Crippen molar-refractivity contribution in [3.8, 4) is 0 Å². The highest BCUT2D eigenvalue weighted by atomic mass is 16.5. The Morgan fingerprint density at radius 2 is 2.07 bits per heavy atom. The molecule has 0 aliphatic carbocycles. The number of morpholine rings is 1. The molecule has 0 aromatic carbocycles. The summed E-state index contributed by atoms with van der Waals surface area (Å²) in [4.78, 5) is 2.42. The fraction of sp³-hybridized carbons (Fsp3) is 1.00. The monoisotopic (exact) mass is 215 g/mol. The molecular formula is C12H25NO2. The Kier molecular flexibility index (Phi) is 3.80. The number of ether oxygens (including phenoxy) is 1. The van der Waals surface area contributed by atoms with Crippen LogP contribution in [-0.4, -0.2) is 48.0 Å². The van der Waals surface area contributed by atoms with Crippen molar-refractivity contribution >= 4 is 0 Å². The Bertz CT molecular complexity index is 212. The molecule has 0 aromatic rings. The first-order chi connectivity index (χ1) is 6.76. The summed E-state index contributed by atoms with van der Waals surface area (Å²) in [5.74, 6) is 0. The van der Waals surface area contributed by atoms with E-state index in [1.807, 2.05) is 6.92 Å². The molecule has 1 heterocycles. The normalized spacial score (nSPS) is 25.2. The first-order valence-corrected chi connectivity index (χ1v) is 5.76. The molecule has 0 aromatic heterocycles. The smallest absolute Gasteiger partial charge is 0.0645 e. The minimum atomic E-state index is -0.281. The predicted octanol–water partition coefficient (Wildman–Crippen LogP) is 1.50. The van der Waals surface area contributed by atoms with E-state index in [1.165, 1.54) is 0 Å². The fourth-order valence-corrected chi connectivity index (χ4v) is 1.81. The molecule has 1 unspecified atom stereocenters. The van der Waals surface area contributed by atoms with E-state index in [0.29, 0.717) is 0 Å². The minimum Gasteiger partial charge on any atom is -0.393 e. The third kappa shape index (κ3) is 3.16. The Labute approximate surface area is 93.4 Å². The standard InChI is InChI=1S/C12H25NO2/c1-10(14)11(2,3)8-13-6-7-15-9-12(13,4)5/h10,14H,6-9H2,1-5H3. The molecule has 0 amide bonds. The molecule has 1 atom stereocenters. The Morgan fingerprint density at radius 3 is 2.53 bits per heavy atom. The van der Waals surface area contributed by atoms with Gasteiger partial charge in [0.15, 0.2) is 0 Å². The molecule has 0 bridgehead atoms. The second-order valence-electron chi connectivity index (χ2n) is 5.95. The van der Waals surface area contributed by atoms with Crippen molar-refractivity contribution in [3.05, 3.63) is 0 Å². The van der Waals surface area contributed by atoms with Crippen LogP contribution < -0.4 is 0 Å². The lowest BCUT2D eigenvalue weighted by Crippen LogP contribution is -2.56. The van der Waals surface area contributed by atoms with E-state index < -0.39 is 0 Å². The molecule has 0 spiro atoms. The molecule has 1 N–H and O–H groups in total. The van der Waals surface area contributed by atoms with Gasteiger partial charge in [-0.2, -0.15) is 0 Å². The first-order valence-electron chi connectivity index (χ1n) is 5.76. The average Bonchev–Trinajstić information content (AvgIpc) is 2.08. The second-order valence-corrected chi connectivity index (χ2v) is 5.95. The van der Waals surface area contributed by atoms with E-state index in [2.05, 4.69) is 32.6 Å². The molecule has 0 saturated carbocycles. The fourth-order valence-electron chi connectivity index (χ4n) is 1.81. The van der Waals surface area contributed by atoms with Gasteiger partial charge >= 0.3 is 0 Å². The van der Waals surface area contributed by atoms with E-state index >= 15 is 0 Å². The molecular weight excluding hydrogens is 190 g/mol. The van der Waals surface area contributed by atoms with Crippen molar-refractivity contribution in [1.82, 2.24) is 4.90 Å². The lowest BCUT2D eigenvalue weighted by atomic mass is 9.85. The zero-order chi connectivity index (χ0) is 11.7. The number of hydrogen-bond donors (Lipinski definition) is 1. The average molecular weight is 215 g/mol. The van der Waals surface area contributed by atoms with Crippen molar-refractivity contribution in [2.45, 2.75) is 46.3 Å². The lowest BCUT2D eigenvalue weighted by Gasteiger charge is -2.46. The summed E-state index contributed by atoms with van der Waals surface area (Å²) in [6, 6.07) is 0. The Hall–Kier alpha value is -0.120. The van der Waals surface area contributed by atoms with Gasteiger partial charge in [0, 0.05) is 24.0 Å². The maximum Gasteiger partial charge on any atom is 0.0645 e. The predicted molar refractivity (Wildman–Crippen MR) is 61.9 cm³/mol. The second kappa shape index (κ2) is 4.40. The van der Waals surface area contributed by atoms with Gasteiger partial charge in [0.1, 0.15) is 0 Å². The topological polar surface area (TPSA) is 32.7 Å². The van der Waals surface area contributed by atoms with Crippen LogP contribution >= 0.6 is 0 Å². The van der Waals surface area contributed by atoms with Gasteiger partial charge in [-0.3, -0.25) is 4.90 Å². The highest BCUT2D eigenvalue weighted by molar-refractivity contribution is 4.89. The van der Waals surface area contributed by atoms with Gasteiger partial charge in [-0.1, -0.05) is 13.8 Å². The van der Waals surface area contributed by atoms with Crippen molar-refractivity contribution in [2.75, 3.05) is 26.3 Å². The third-order valence-corrected chi connectivity index (χ3v) is 3.55. The van der Waals surface area contributed by atoms with Crippen LogP contribution in [0.2, 0.25) is 0 Å². The van der Waals surface area contributed by atoms with Crippen LogP contribution in [0, 0.1) is 5.41 Å². The van der Waals surface area contributed by atoms with E-state index in [4.69, 9.17) is 4.74 Å². The molecule has 1 aliphatic heterocycles. The van der Waals surface area contributed by atoms with Crippen LogP contribution in [0.4, 0.5) is 0 Å². The van der Waals surface area contributed by atoms with Crippen LogP contribution in [0.3, 0.4) is 0 Å².